The van der Waals surface area contributed by atoms with Crippen molar-refractivity contribution in [3.05, 3.63) is 88.1 Å². The van der Waals surface area contributed by atoms with Gasteiger partial charge in [0.25, 0.3) is 5.56 Å². The molecule has 0 bridgehead atoms. The van der Waals surface area contributed by atoms with Crippen molar-refractivity contribution in [2.45, 2.75) is 6.42 Å². The molecule has 3 N–H and O–H groups in total. The van der Waals surface area contributed by atoms with Crippen molar-refractivity contribution in [1.29, 1.82) is 0 Å². The van der Waals surface area contributed by atoms with Crippen molar-refractivity contribution in [2.24, 2.45) is 0 Å². The van der Waals surface area contributed by atoms with Crippen molar-refractivity contribution in [3.63, 3.8) is 0 Å². The van der Waals surface area contributed by atoms with Gasteiger partial charge < -0.3 is 9.72 Å². The molecule has 3 aromatic carbocycles. The van der Waals surface area contributed by atoms with Gasteiger partial charge in [0.1, 0.15) is 19.1 Å². The third-order valence-corrected chi connectivity index (χ3v) is 5.50. The number of hydrogen-bond acceptors (Lipinski definition) is 5. The second-order valence-corrected chi connectivity index (χ2v) is 7.80. The van der Waals surface area contributed by atoms with Gasteiger partial charge in [-0.25, -0.2) is 23.7 Å². The van der Waals surface area contributed by atoms with Crippen LogP contribution >= 0.6 is 0 Å². The number of imidazole rings is 1. The molecular formula is C25H19F2N5O3. The van der Waals surface area contributed by atoms with Crippen LogP contribution in [-0.4, -0.2) is 39.5 Å². The Morgan fingerprint density at radius 2 is 1.89 bits per heavy atom. The molecule has 0 spiro atoms. The number of rotatable bonds is 6. The average molecular weight is 475 g/mol. The summed E-state index contributed by atoms with van der Waals surface area (Å²) in [4.78, 5) is 30.9. The number of carbonyl (C=O) groups is 1. The number of aromatic nitrogens is 4. The zero-order valence-corrected chi connectivity index (χ0v) is 18.3. The summed E-state index contributed by atoms with van der Waals surface area (Å²) < 4.78 is 31.6. The van der Waals surface area contributed by atoms with E-state index in [1.54, 1.807) is 42.5 Å². The predicted octanol–water partition coefficient (Wildman–Crippen LogP) is 4.71. The molecule has 0 saturated carbocycles. The van der Waals surface area contributed by atoms with E-state index in [9.17, 15) is 18.4 Å². The molecule has 5 rings (SSSR count). The number of aromatic amines is 2. The Morgan fingerprint density at radius 3 is 2.71 bits per heavy atom. The minimum absolute atomic E-state index is 0.131. The van der Waals surface area contributed by atoms with E-state index in [2.05, 4.69) is 30.2 Å². The van der Waals surface area contributed by atoms with E-state index in [1.165, 1.54) is 6.07 Å². The van der Waals surface area contributed by atoms with E-state index in [0.29, 0.717) is 39.7 Å². The van der Waals surface area contributed by atoms with Gasteiger partial charge in [-0.3, -0.25) is 10.1 Å². The van der Waals surface area contributed by atoms with E-state index >= 15 is 0 Å². The van der Waals surface area contributed by atoms with E-state index in [-0.39, 0.29) is 18.1 Å². The number of halogens is 2. The van der Waals surface area contributed by atoms with Gasteiger partial charge in [-0.05, 0) is 41.5 Å². The van der Waals surface area contributed by atoms with Crippen LogP contribution in [-0.2, 0) is 11.2 Å². The number of anilines is 1. The van der Waals surface area contributed by atoms with Crippen molar-refractivity contribution in [1.82, 2.24) is 20.2 Å². The van der Waals surface area contributed by atoms with Crippen LogP contribution in [0.3, 0.4) is 0 Å². The summed E-state index contributed by atoms with van der Waals surface area (Å²) in [6.45, 7) is -1.13. The van der Waals surface area contributed by atoms with Gasteiger partial charge in [0.05, 0.1) is 22.1 Å². The third-order valence-electron chi connectivity index (χ3n) is 5.50. The van der Waals surface area contributed by atoms with Crippen molar-refractivity contribution in [3.8, 4) is 11.1 Å². The quantitative estimate of drug-likeness (QED) is 0.329. The van der Waals surface area contributed by atoms with E-state index in [0.717, 1.165) is 10.9 Å². The molecule has 5 aromatic rings. The monoisotopic (exact) mass is 475 g/mol. The Morgan fingerprint density at radius 1 is 1.06 bits per heavy atom. The van der Waals surface area contributed by atoms with E-state index < -0.39 is 18.6 Å². The van der Waals surface area contributed by atoms with Crippen molar-refractivity contribution >= 4 is 33.8 Å². The van der Waals surface area contributed by atoms with Crippen LogP contribution in [0.2, 0.25) is 0 Å². The molecule has 0 fully saturated rings. The molecule has 0 unspecified atom stereocenters. The summed E-state index contributed by atoms with van der Waals surface area (Å²) >= 11 is 0. The van der Waals surface area contributed by atoms with Gasteiger partial charge in [0.15, 0.2) is 0 Å². The smallest absolute Gasteiger partial charge is 0.414 e. The molecule has 0 aliphatic carbocycles. The Labute approximate surface area is 197 Å². The van der Waals surface area contributed by atoms with Crippen molar-refractivity contribution in [2.75, 3.05) is 18.6 Å². The maximum absolute atomic E-state index is 14.8. The predicted molar refractivity (Wildman–Crippen MR) is 128 cm³/mol. The van der Waals surface area contributed by atoms with Gasteiger partial charge in [-0.2, -0.15) is 5.10 Å². The zero-order valence-electron chi connectivity index (χ0n) is 18.3. The standard InChI is InChI=1S/C25H19F2N5O3/c26-9-10-35-25(34)30-24-28-20-8-6-15(13-22(20)29-24)18-11-14(5-7-19(18)27)12-21-16-3-1-2-4-17(16)23(33)32-31-21/h1-8,11,13H,9-10,12H2,(H,32,33)(H2,28,29,30,34). The number of hydrogen-bond donors (Lipinski definition) is 3. The molecular weight excluding hydrogens is 456 g/mol. The SMILES string of the molecule is O=C(Nc1nc2cc(-c3cc(Cc4n[nH]c(=O)c5ccccc45)ccc3F)ccc2[nH]1)OCCF. The number of amides is 1. The van der Waals surface area contributed by atoms with Crippen LogP contribution in [0.5, 0.6) is 0 Å². The lowest BCUT2D eigenvalue weighted by atomic mass is 9.98. The maximum Gasteiger partial charge on any atom is 0.414 e. The number of benzene rings is 3. The first kappa shape index (κ1) is 22.2. The number of nitrogens with one attached hydrogen (secondary N) is 3. The number of nitrogens with zero attached hydrogens (tertiary/aromatic N) is 2. The number of fused-ring (bicyclic) bond motifs is 2. The Bertz CT molecular complexity index is 1610. The van der Waals surface area contributed by atoms with Gasteiger partial charge in [-0.15, -0.1) is 0 Å². The lowest BCUT2D eigenvalue weighted by molar-refractivity contribution is 0.152. The highest BCUT2D eigenvalue weighted by atomic mass is 19.1. The molecule has 35 heavy (non-hydrogen) atoms. The van der Waals surface area contributed by atoms with Crippen LogP contribution in [0.15, 0.2) is 65.5 Å². The average Bonchev–Trinajstić information content (AvgIpc) is 3.27. The lowest BCUT2D eigenvalue weighted by Crippen LogP contribution is -2.15. The number of H-pyrrole nitrogens is 2. The molecule has 0 aliphatic rings. The highest BCUT2D eigenvalue weighted by molar-refractivity contribution is 5.88. The molecule has 0 saturated heterocycles. The maximum atomic E-state index is 14.8. The van der Waals surface area contributed by atoms with Gasteiger partial charge >= 0.3 is 6.09 Å². The fourth-order valence-corrected chi connectivity index (χ4v) is 3.90. The van der Waals surface area contributed by atoms with Crippen LogP contribution in [0.1, 0.15) is 11.3 Å². The first-order valence-electron chi connectivity index (χ1n) is 10.8. The molecule has 0 radical (unpaired) electrons. The zero-order chi connectivity index (χ0) is 24.4. The first-order chi connectivity index (χ1) is 17.0. The molecule has 2 aromatic heterocycles. The number of alkyl halides is 1. The van der Waals surface area contributed by atoms with Gasteiger partial charge in [-0.1, -0.05) is 30.3 Å². The number of ether oxygens (including phenoxy) is 1. The number of carbonyl (C=O) groups excluding carboxylic acids is 1. The Hall–Kier alpha value is -4.60. The summed E-state index contributed by atoms with van der Waals surface area (Å²) in [7, 11) is 0. The molecule has 0 aliphatic heterocycles. The van der Waals surface area contributed by atoms with E-state index in [4.69, 9.17) is 0 Å². The normalized spacial score (nSPS) is 11.1. The fourth-order valence-electron chi connectivity index (χ4n) is 3.90. The largest absolute Gasteiger partial charge is 0.446 e. The Balaban J connectivity index is 1.45. The minimum atomic E-state index is -0.830. The molecule has 176 valence electrons. The van der Waals surface area contributed by atoms with E-state index in [1.807, 2.05) is 12.1 Å². The molecule has 2 heterocycles. The molecule has 8 nitrogen and oxygen atoms in total. The summed E-state index contributed by atoms with van der Waals surface area (Å²) in [5.74, 6) is -0.276. The fraction of sp³-hybridized carbons (Fsp3) is 0.120. The van der Waals surface area contributed by atoms with Crippen molar-refractivity contribution < 1.29 is 18.3 Å². The molecule has 0 atom stereocenters. The van der Waals surface area contributed by atoms with Crippen LogP contribution < -0.4 is 10.9 Å². The highest BCUT2D eigenvalue weighted by Gasteiger charge is 2.13. The van der Waals surface area contributed by atoms with Crippen LogP contribution in [0.4, 0.5) is 19.5 Å². The van der Waals surface area contributed by atoms with Crippen LogP contribution in [0.25, 0.3) is 32.9 Å². The minimum Gasteiger partial charge on any atom is -0.446 e. The first-order valence-corrected chi connectivity index (χ1v) is 10.8. The topological polar surface area (TPSA) is 113 Å². The second kappa shape index (κ2) is 9.34. The Kier molecular flexibility index (Phi) is 5.92. The molecule has 1 amide bonds. The summed E-state index contributed by atoms with van der Waals surface area (Å²) in [5, 5.41) is 10.4. The summed E-state index contributed by atoms with van der Waals surface area (Å²) in [5.41, 5.74) is 3.31. The van der Waals surface area contributed by atoms with Gasteiger partial charge in [0.2, 0.25) is 5.95 Å². The van der Waals surface area contributed by atoms with Crippen LogP contribution in [0, 0.1) is 5.82 Å². The summed E-state index contributed by atoms with van der Waals surface area (Å²) in [6.07, 6.45) is -0.436. The lowest BCUT2D eigenvalue weighted by Gasteiger charge is -2.09. The second-order valence-electron chi connectivity index (χ2n) is 7.80. The molecule has 10 heteroatoms. The highest BCUT2D eigenvalue weighted by Crippen LogP contribution is 2.28. The van der Waals surface area contributed by atoms with Gasteiger partial charge in [0, 0.05) is 17.4 Å². The third kappa shape index (κ3) is 4.58. The summed E-state index contributed by atoms with van der Waals surface area (Å²) in [6, 6.07) is 17.2.